The van der Waals surface area contributed by atoms with Crippen LogP contribution in [0.15, 0.2) is 0 Å². The second-order valence-corrected chi connectivity index (χ2v) is 15.8. The molecule has 0 bridgehead atoms. The van der Waals surface area contributed by atoms with E-state index in [1.807, 2.05) is 0 Å². The normalized spacial score (nSPS) is 51.1. The van der Waals surface area contributed by atoms with Crippen molar-refractivity contribution < 1.29 is 0 Å². The van der Waals surface area contributed by atoms with Gasteiger partial charge in [-0.15, -0.1) is 0 Å². The highest BCUT2D eigenvalue weighted by molar-refractivity contribution is 5.08. The number of rotatable bonds is 8. The highest BCUT2D eigenvalue weighted by Crippen LogP contribution is 2.67. The molecule has 0 radical (unpaired) electrons. The van der Waals surface area contributed by atoms with E-state index in [2.05, 4.69) is 34.6 Å². The summed E-state index contributed by atoms with van der Waals surface area (Å²) in [6, 6.07) is 0. The summed E-state index contributed by atoms with van der Waals surface area (Å²) in [5.74, 6) is 16.3. The summed E-state index contributed by atoms with van der Waals surface area (Å²) in [5.41, 5.74) is 0. The molecule has 6 aliphatic rings. The van der Waals surface area contributed by atoms with Crippen molar-refractivity contribution in [2.75, 3.05) is 0 Å². The lowest BCUT2D eigenvalue weighted by Crippen LogP contribution is -2.41. The van der Waals surface area contributed by atoms with Gasteiger partial charge in [-0.3, -0.25) is 0 Å². The van der Waals surface area contributed by atoms with Crippen LogP contribution in [0.5, 0.6) is 0 Å². The minimum Gasteiger partial charge on any atom is -0.0654 e. The predicted molar refractivity (Wildman–Crippen MR) is 155 cm³/mol. The van der Waals surface area contributed by atoms with Crippen molar-refractivity contribution in [1.82, 2.24) is 0 Å². The fourth-order valence-corrected chi connectivity index (χ4v) is 13.3. The Hall–Kier alpha value is 0. The largest absolute Gasteiger partial charge is 0.0654 e. The third kappa shape index (κ3) is 4.37. The molecule has 0 amide bonds. The molecule has 0 spiro atoms. The molecule has 0 nitrogen and oxygen atoms in total. The molecule has 0 aromatic heterocycles. The summed E-state index contributed by atoms with van der Waals surface area (Å²) in [7, 11) is 0. The fraction of sp³-hybridized carbons (Fsp3) is 1.00. The molecule has 0 heteroatoms. The third-order valence-electron chi connectivity index (χ3n) is 14.7. The molecular formula is C36H62. The minimum atomic E-state index is 0.972. The summed E-state index contributed by atoms with van der Waals surface area (Å²) >= 11 is 0. The maximum atomic E-state index is 2.70. The van der Waals surface area contributed by atoms with E-state index in [9.17, 15) is 0 Å². The predicted octanol–water partition coefficient (Wildman–Crippen LogP) is 10.7. The molecule has 6 fully saturated rings. The molecule has 6 saturated carbocycles. The zero-order valence-electron chi connectivity index (χ0n) is 25.0. The lowest BCUT2D eigenvalue weighted by Gasteiger charge is -2.49. The average molecular weight is 495 g/mol. The van der Waals surface area contributed by atoms with Gasteiger partial charge >= 0.3 is 0 Å². The van der Waals surface area contributed by atoms with Crippen LogP contribution in [-0.4, -0.2) is 0 Å². The molecule has 206 valence electrons. The number of hydrogen-bond donors (Lipinski definition) is 0. The zero-order chi connectivity index (χ0) is 25.0. The van der Waals surface area contributed by atoms with Gasteiger partial charge in [-0.1, -0.05) is 92.4 Å². The van der Waals surface area contributed by atoms with Crippen molar-refractivity contribution in [2.24, 2.45) is 88.8 Å². The van der Waals surface area contributed by atoms with Gasteiger partial charge in [0, 0.05) is 0 Å². The van der Waals surface area contributed by atoms with Crippen molar-refractivity contribution in [3.05, 3.63) is 0 Å². The molecule has 6 rings (SSSR count). The van der Waals surface area contributed by atoms with E-state index in [1.165, 1.54) is 38.0 Å². The second-order valence-electron chi connectivity index (χ2n) is 15.8. The van der Waals surface area contributed by atoms with Crippen LogP contribution < -0.4 is 0 Å². The van der Waals surface area contributed by atoms with Crippen LogP contribution in [0.2, 0.25) is 0 Å². The molecule has 36 heavy (non-hydrogen) atoms. The van der Waals surface area contributed by atoms with Gasteiger partial charge in [0.1, 0.15) is 0 Å². The van der Waals surface area contributed by atoms with Gasteiger partial charge in [0.25, 0.3) is 0 Å². The van der Waals surface area contributed by atoms with Crippen molar-refractivity contribution in [3.63, 3.8) is 0 Å². The average Bonchev–Trinajstić information content (AvgIpc) is 3.32. The van der Waals surface area contributed by atoms with Gasteiger partial charge in [-0.25, -0.2) is 0 Å². The number of hydrogen-bond acceptors (Lipinski definition) is 0. The molecular weight excluding hydrogens is 432 g/mol. The fourth-order valence-electron chi connectivity index (χ4n) is 13.3. The zero-order valence-corrected chi connectivity index (χ0v) is 25.0. The molecule has 0 aromatic rings. The highest BCUT2D eigenvalue weighted by atomic mass is 14.6. The second kappa shape index (κ2) is 10.9. The lowest BCUT2D eigenvalue weighted by molar-refractivity contribution is 0.00563. The van der Waals surface area contributed by atoms with Crippen LogP contribution >= 0.6 is 0 Å². The van der Waals surface area contributed by atoms with Crippen LogP contribution in [0.3, 0.4) is 0 Å². The van der Waals surface area contributed by atoms with Crippen LogP contribution in [0, 0.1) is 88.8 Å². The van der Waals surface area contributed by atoms with Crippen molar-refractivity contribution >= 4 is 0 Å². The third-order valence-corrected chi connectivity index (χ3v) is 14.7. The molecule has 6 aliphatic carbocycles. The quantitative estimate of drug-likeness (QED) is 0.315. The maximum Gasteiger partial charge on any atom is -0.0324 e. The van der Waals surface area contributed by atoms with Crippen molar-refractivity contribution in [3.8, 4) is 0 Å². The van der Waals surface area contributed by atoms with E-state index in [0.717, 1.165) is 82.9 Å². The van der Waals surface area contributed by atoms with E-state index in [0.29, 0.717) is 0 Å². The van der Waals surface area contributed by atoms with E-state index in [-0.39, 0.29) is 0 Å². The Kier molecular flexibility index (Phi) is 7.92. The van der Waals surface area contributed by atoms with E-state index in [4.69, 9.17) is 0 Å². The SMILES string of the molecule is CCCC(CC)C(CCC)CC1C(C)C(C)C2CC3CC4C(CC3CC12)C1CCCC2CCCC4C21. The molecule has 0 saturated heterocycles. The molecule has 0 N–H and O–H groups in total. The lowest BCUT2D eigenvalue weighted by atomic mass is 9.56. The first-order valence-corrected chi connectivity index (χ1v) is 17.5. The topological polar surface area (TPSA) is 0 Å². The summed E-state index contributed by atoms with van der Waals surface area (Å²) in [5, 5.41) is 0. The Morgan fingerprint density at radius 2 is 1.11 bits per heavy atom. The summed E-state index contributed by atoms with van der Waals surface area (Å²) < 4.78 is 0. The van der Waals surface area contributed by atoms with Crippen LogP contribution in [0.1, 0.15) is 137 Å². The van der Waals surface area contributed by atoms with Gasteiger partial charge in [0.2, 0.25) is 0 Å². The maximum absolute atomic E-state index is 2.70. The van der Waals surface area contributed by atoms with Crippen LogP contribution in [-0.2, 0) is 0 Å². The molecule has 0 aliphatic heterocycles. The molecule has 0 heterocycles. The first kappa shape index (κ1) is 26.2. The Morgan fingerprint density at radius 1 is 0.556 bits per heavy atom. The smallest absolute Gasteiger partial charge is 0.0324 e. The van der Waals surface area contributed by atoms with Crippen LogP contribution in [0.25, 0.3) is 0 Å². The van der Waals surface area contributed by atoms with E-state index in [1.54, 1.807) is 70.6 Å². The minimum absolute atomic E-state index is 0.972. The summed E-state index contributed by atoms with van der Waals surface area (Å²) in [6.45, 7) is 12.8. The summed E-state index contributed by atoms with van der Waals surface area (Å²) in [6.07, 6.45) is 25.0. The van der Waals surface area contributed by atoms with Crippen molar-refractivity contribution in [1.29, 1.82) is 0 Å². The standard InChI is InChI=1S/C36H62/c1-6-11-24(8-3)26(12-7-2)17-31-22(4)23(5)32-18-27-19-33-29-15-9-13-25-14-10-16-30(36(25)29)34(33)20-28(27)21-35(31)32/h22-36H,6-21H2,1-5H3. The van der Waals surface area contributed by atoms with Gasteiger partial charge in [0.05, 0.1) is 0 Å². The van der Waals surface area contributed by atoms with Gasteiger partial charge < -0.3 is 0 Å². The van der Waals surface area contributed by atoms with Gasteiger partial charge in [-0.05, 0) is 134 Å². The van der Waals surface area contributed by atoms with Gasteiger partial charge in [-0.2, -0.15) is 0 Å². The molecule has 15 unspecified atom stereocenters. The van der Waals surface area contributed by atoms with Gasteiger partial charge in [0.15, 0.2) is 0 Å². The Balaban J connectivity index is 1.19. The first-order valence-electron chi connectivity index (χ1n) is 17.5. The monoisotopic (exact) mass is 494 g/mol. The van der Waals surface area contributed by atoms with Crippen LogP contribution in [0.4, 0.5) is 0 Å². The Bertz CT molecular complexity index is 722. The Morgan fingerprint density at radius 3 is 1.69 bits per heavy atom. The first-order chi connectivity index (χ1) is 17.5. The van der Waals surface area contributed by atoms with Crippen molar-refractivity contribution in [2.45, 2.75) is 137 Å². The molecule has 0 aromatic carbocycles. The molecule has 15 atom stereocenters. The van der Waals surface area contributed by atoms with E-state index < -0.39 is 0 Å². The number of fused-ring (bicyclic) bond motifs is 5. The highest BCUT2D eigenvalue weighted by Gasteiger charge is 2.59. The Labute approximate surface area is 225 Å². The summed E-state index contributed by atoms with van der Waals surface area (Å²) in [4.78, 5) is 0. The van der Waals surface area contributed by atoms with E-state index >= 15 is 0 Å².